The molecule has 1 rings (SSSR count). The highest BCUT2D eigenvalue weighted by Crippen LogP contribution is 2.04. The topological polar surface area (TPSA) is 26.8 Å². The number of hydrogen-bond acceptors (Lipinski definition) is 2. The van der Waals surface area contributed by atoms with Crippen LogP contribution in [-0.4, -0.2) is 61.6 Å². The maximum absolute atomic E-state index is 11.3. The summed E-state index contributed by atoms with van der Waals surface area (Å²) in [5.74, 6) is 0. The number of carbonyl (C=O) groups is 1. The van der Waals surface area contributed by atoms with Crippen molar-refractivity contribution in [3.05, 3.63) is 0 Å². The van der Waals surface area contributed by atoms with Gasteiger partial charge in [0.05, 0.1) is 6.67 Å². The Hall–Kier alpha value is -0.770. The SMILES string of the molecule is CN(C)CN1CCN(C)C1=O. The van der Waals surface area contributed by atoms with Crippen LogP contribution in [0.15, 0.2) is 0 Å². The van der Waals surface area contributed by atoms with Crippen LogP contribution >= 0.6 is 0 Å². The van der Waals surface area contributed by atoms with E-state index < -0.39 is 0 Å². The third-order valence-corrected chi connectivity index (χ3v) is 1.76. The van der Waals surface area contributed by atoms with Gasteiger partial charge in [0.2, 0.25) is 0 Å². The molecule has 0 saturated carbocycles. The molecule has 0 atom stereocenters. The molecule has 0 N–H and O–H groups in total. The monoisotopic (exact) mass is 157 g/mol. The third kappa shape index (κ3) is 1.83. The normalized spacial score (nSPS) is 18.7. The summed E-state index contributed by atoms with van der Waals surface area (Å²) in [5.41, 5.74) is 0. The Morgan fingerprint density at radius 1 is 1.45 bits per heavy atom. The minimum atomic E-state index is 0.138. The fourth-order valence-electron chi connectivity index (χ4n) is 1.18. The molecule has 1 aliphatic heterocycles. The van der Waals surface area contributed by atoms with Crippen LogP contribution in [0.3, 0.4) is 0 Å². The lowest BCUT2D eigenvalue weighted by molar-refractivity contribution is 0.175. The number of likely N-dealkylation sites (N-methyl/N-ethyl adjacent to an activating group) is 1. The molecule has 1 heterocycles. The number of hydrogen-bond donors (Lipinski definition) is 0. The van der Waals surface area contributed by atoms with Crippen molar-refractivity contribution in [2.24, 2.45) is 0 Å². The molecular weight excluding hydrogens is 142 g/mol. The molecule has 0 aromatic carbocycles. The molecule has 0 unspecified atom stereocenters. The first-order chi connectivity index (χ1) is 5.11. The second-order valence-corrected chi connectivity index (χ2v) is 3.19. The van der Waals surface area contributed by atoms with Gasteiger partial charge >= 0.3 is 6.03 Å². The van der Waals surface area contributed by atoms with Gasteiger partial charge in [-0.15, -0.1) is 0 Å². The Bertz CT molecular complexity index is 158. The molecule has 1 saturated heterocycles. The van der Waals surface area contributed by atoms with Crippen LogP contribution < -0.4 is 0 Å². The molecule has 0 aromatic heterocycles. The van der Waals surface area contributed by atoms with Crippen molar-refractivity contribution in [1.29, 1.82) is 0 Å². The predicted octanol–water partition coefficient (Wildman–Crippen LogP) is -0.127. The Balaban J connectivity index is 2.42. The van der Waals surface area contributed by atoms with Crippen LogP contribution in [0.4, 0.5) is 4.79 Å². The van der Waals surface area contributed by atoms with E-state index in [1.807, 2.05) is 30.9 Å². The zero-order valence-electron chi connectivity index (χ0n) is 7.37. The minimum absolute atomic E-state index is 0.138. The standard InChI is InChI=1S/C7H15N3O/c1-8(2)6-10-5-4-9(3)7(10)11/h4-6H2,1-3H3. The summed E-state index contributed by atoms with van der Waals surface area (Å²) in [4.78, 5) is 16.8. The van der Waals surface area contributed by atoms with Gasteiger partial charge in [-0.3, -0.25) is 4.90 Å². The van der Waals surface area contributed by atoms with Gasteiger partial charge in [-0.1, -0.05) is 0 Å². The molecule has 4 nitrogen and oxygen atoms in total. The van der Waals surface area contributed by atoms with Crippen LogP contribution in [0.25, 0.3) is 0 Å². The lowest BCUT2D eigenvalue weighted by Crippen LogP contribution is -2.36. The van der Waals surface area contributed by atoms with Gasteiger partial charge in [0.25, 0.3) is 0 Å². The van der Waals surface area contributed by atoms with E-state index in [-0.39, 0.29) is 6.03 Å². The summed E-state index contributed by atoms with van der Waals surface area (Å²) in [6.07, 6.45) is 0. The molecule has 0 bridgehead atoms. The lowest BCUT2D eigenvalue weighted by atomic mass is 10.6. The first-order valence-electron chi connectivity index (χ1n) is 3.76. The zero-order chi connectivity index (χ0) is 8.43. The molecule has 1 aliphatic rings. The van der Waals surface area contributed by atoms with Gasteiger partial charge in [-0.2, -0.15) is 0 Å². The van der Waals surface area contributed by atoms with Crippen molar-refractivity contribution in [3.8, 4) is 0 Å². The molecule has 0 aromatic rings. The van der Waals surface area contributed by atoms with E-state index in [2.05, 4.69) is 0 Å². The van der Waals surface area contributed by atoms with E-state index in [0.29, 0.717) is 0 Å². The molecular formula is C7H15N3O. The highest BCUT2D eigenvalue weighted by atomic mass is 16.2. The van der Waals surface area contributed by atoms with Gasteiger partial charge in [0.1, 0.15) is 0 Å². The van der Waals surface area contributed by atoms with Crippen molar-refractivity contribution >= 4 is 6.03 Å². The second kappa shape index (κ2) is 3.09. The first-order valence-corrected chi connectivity index (χ1v) is 3.76. The third-order valence-electron chi connectivity index (χ3n) is 1.76. The van der Waals surface area contributed by atoms with Gasteiger partial charge in [-0.25, -0.2) is 4.79 Å². The van der Waals surface area contributed by atoms with Crippen molar-refractivity contribution in [2.45, 2.75) is 0 Å². The van der Waals surface area contributed by atoms with Gasteiger partial charge in [-0.05, 0) is 14.1 Å². The molecule has 4 heteroatoms. The fourth-order valence-corrected chi connectivity index (χ4v) is 1.18. The van der Waals surface area contributed by atoms with Crippen LogP contribution in [0.1, 0.15) is 0 Å². The van der Waals surface area contributed by atoms with Gasteiger partial charge < -0.3 is 9.80 Å². The smallest absolute Gasteiger partial charge is 0.320 e. The van der Waals surface area contributed by atoms with E-state index in [1.165, 1.54) is 0 Å². The van der Waals surface area contributed by atoms with Crippen LogP contribution in [0.2, 0.25) is 0 Å². The van der Waals surface area contributed by atoms with E-state index in [1.54, 1.807) is 4.90 Å². The molecule has 2 amide bonds. The van der Waals surface area contributed by atoms with Crippen LogP contribution in [0, 0.1) is 0 Å². The average molecular weight is 157 g/mol. The molecule has 0 radical (unpaired) electrons. The summed E-state index contributed by atoms with van der Waals surface area (Å²) in [6.45, 7) is 2.43. The van der Waals surface area contributed by atoms with Gasteiger partial charge in [0.15, 0.2) is 0 Å². The highest BCUT2D eigenvalue weighted by Gasteiger charge is 2.24. The number of carbonyl (C=O) groups excluding carboxylic acids is 1. The minimum Gasteiger partial charge on any atom is -0.326 e. The Morgan fingerprint density at radius 3 is 2.45 bits per heavy atom. The van der Waals surface area contributed by atoms with Crippen LogP contribution in [0.5, 0.6) is 0 Å². The molecule has 0 aliphatic carbocycles. The number of rotatable bonds is 2. The van der Waals surface area contributed by atoms with E-state index in [9.17, 15) is 4.79 Å². The quantitative estimate of drug-likeness (QED) is 0.558. The first kappa shape index (κ1) is 8.33. The van der Waals surface area contributed by atoms with E-state index in [0.717, 1.165) is 19.8 Å². The lowest BCUT2D eigenvalue weighted by Gasteiger charge is -2.19. The van der Waals surface area contributed by atoms with Crippen molar-refractivity contribution < 1.29 is 4.79 Å². The van der Waals surface area contributed by atoms with Crippen LogP contribution in [-0.2, 0) is 0 Å². The highest BCUT2D eigenvalue weighted by molar-refractivity contribution is 5.76. The summed E-state index contributed by atoms with van der Waals surface area (Å²) >= 11 is 0. The Labute approximate surface area is 67.4 Å². The molecule has 1 fully saturated rings. The molecule has 64 valence electrons. The summed E-state index contributed by atoms with van der Waals surface area (Å²) in [5, 5.41) is 0. The van der Waals surface area contributed by atoms with Gasteiger partial charge in [0, 0.05) is 20.1 Å². The van der Waals surface area contributed by atoms with Crippen molar-refractivity contribution in [2.75, 3.05) is 40.9 Å². The number of nitrogens with zero attached hydrogens (tertiary/aromatic N) is 3. The molecule has 0 spiro atoms. The summed E-state index contributed by atoms with van der Waals surface area (Å²) < 4.78 is 0. The Morgan fingerprint density at radius 2 is 2.09 bits per heavy atom. The van der Waals surface area contributed by atoms with Crippen molar-refractivity contribution in [1.82, 2.24) is 14.7 Å². The maximum atomic E-state index is 11.3. The zero-order valence-corrected chi connectivity index (χ0v) is 7.37. The number of amides is 2. The molecule has 11 heavy (non-hydrogen) atoms. The largest absolute Gasteiger partial charge is 0.326 e. The van der Waals surface area contributed by atoms with E-state index in [4.69, 9.17) is 0 Å². The fraction of sp³-hybridized carbons (Fsp3) is 0.857. The predicted molar refractivity (Wildman–Crippen MR) is 43.3 cm³/mol. The summed E-state index contributed by atoms with van der Waals surface area (Å²) in [6, 6.07) is 0.138. The maximum Gasteiger partial charge on any atom is 0.320 e. The summed E-state index contributed by atoms with van der Waals surface area (Å²) in [7, 11) is 5.76. The number of urea groups is 1. The van der Waals surface area contributed by atoms with Crippen molar-refractivity contribution in [3.63, 3.8) is 0 Å². The second-order valence-electron chi connectivity index (χ2n) is 3.19. The Kier molecular flexibility index (Phi) is 2.34. The van der Waals surface area contributed by atoms with E-state index >= 15 is 0 Å². The average Bonchev–Trinajstić information content (AvgIpc) is 2.18.